The number of hydrogen-bond donors (Lipinski definition) is 2. The third kappa shape index (κ3) is 5.20. The summed E-state index contributed by atoms with van der Waals surface area (Å²) in [5.41, 5.74) is 1.77. The highest BCUT2D eigenvalue weighted by molar-refractivity contribution is 14.0. The number of likely N-dealkylation sites (tertiary alicyclic amines) is 1. The lowest BCUT2D eigenvalue weighted by atomic mass is 10.1. The summed E-state index contributed by atoms with van der Waals surface area (Å²) in [6.07, 6.45) is 3.62. The lowest BCUT2D eigenvalue weighted by Gasteiger charge is -2.17. The number of nitrogens with zero attached hydrogens (tertiary/aromatic N) is 3. The number of carbonyl (C=O) groups excluding carboxylic acids is 1. The molecular formula is C18H24IN5O2. The van der Waals surface area contributed by atoms with Gasteiger partial charge in [0.1, 0.15) is 5.69 Å². The molecule has 1 saturated heterocycles. The number of hydrogen-bond acceptors (Lipinski definition) is 4. The quantitative estimate of drug-likeness (QED) is 0.399. The van der Waals surface area contributed by atoms with E-state index in [1.54, 1.807) is 7.05 Å². The van der Waals surface area contributed by atoms with Crippen LogP contribution in [0.4, 0.5) is 0 Å². The largest absolute Gasteiger partial charge is 0.443 e. The van der Waals surface area contributed by atoms with Crippen molar-refractivity contribution in [3.05, 3.63) is 42.4 Å². The Morgan fingerprint density at radius 2 is 1.96 bits per heavy atom. The summed E-state index contributed by atoms with van der Waals surface area (Å²) in [6.45, 7) is 2.40. The van der Waals surface area contributed by atoms with Crippen molar-refractivity contribution in [1.82, 2.24) is 20.5 Å². The van der Waals surface area contributed by atoms with Gasteiger partial charge in [-0.1, -0.05) is 30.3 Å². The molecule has 2 heterocycles. The normalized spacial score (nSPS) is 14.0. The van der Waals surface area contributed by atoms with E-state index in [-0.39, 0.29) is 36.4 Å². The van der Waals surface area contributed by atoms with Gasteiger partial charge >= 0.3 is 0 Å². The Kier molecular flexibility index (Phi) is 7.89. The minimum atomic E-state index is 0. The van der Waals surface area contributed by atoms with E-state index in [4.69, 9.17) is 4.42 Å². The van der Waals surface area contributed by atoms with Crippen LogP contribution in [0.3, 0.4) is 0 Å². The highest BCUT2D eigenvalue weighted by atomic mass is 127. The first-order valence-electron chi connectivity index (χ1n) is 8.48. The van der Waals surface area contributed by atoms with Crippen LogP contribution in [0.1, 0.15) is 18.5 Å². The van der Waals surface area contributed by atoms with Crippen LogP contribution in [0.5, 0.6) is 0 Å². The van der Waals surface area contributed by atoms with Crippen molar-refractivity contribution < 1.29 is 9.21 Å². The van der Waals surface area contributed by atoms with Gasteiger partial charge in [-0.2, -0.15) is 0 Å². The summed E-state index contributed by atoms with van der Waals surface area (Å²) in [6, 6.07) is 9.83. The first-order chi connectivity index (χ1) is 12.3. The van der Waals surface area contributed by atoms with Gasteiger partial charge in [-0.25, -0.2) is 4.98 Å². The second kappa shape index (κ2) is 10.1. The molecule has 26 heavy (non-hydrogen) atoms. The van der Waals surface area contributed by atoms with Crippen molar-refractivity contribution in [1.29, 1.82) is 0 Å². The van der Waals surface area contributed by atoms with Crippen LogP contribution < -0.4 is 10.6 Å². The topological polar surface area (TPSA) is 82.8 Å². The Hall–Kier alpha value is -2.10. The average Bonchev–Trinajstić information content (AvgIpc) is 3.34. The standard InChI is InChI=1S/C18H23N5O2.HI/c1-19-18(21-12-16(24)23-9-5-6-10-23)20-11-15-17(25-13-22-15)14-7-3-2-4-8-14;/h2-4,7-8,13H,5-6,9-12H2,1H3,(H2,19,20,21);1H. The van der Waals surface area contributed by atoms with E-state index in [9.17, 15) is 4.79 Å². The average molecular weight is 469 g/mol. The molecule has 2 N–H and O–H groups in total. The maximum absolute atomic E-state index is 12.1. The van der Waals surface area contributed by atoms with E-state index in [1.807, 2.05) is 35.2 Å². The van der Waals surface area contributed by atoms with Crippen molar-refractivity contribution in [2.45, 2.75) is 19.4 Å². The highest BCUT2D eigenvalue weighted by Gasteiger charge is 2.18. The molecule has 8 heteroatoms. The lowest BCUT2D eigenvalue weighted by molar-refractivity contribution is -0.128. The van der Waals surface area contributed by atoms with Crippen molar-refractivity contribution in [3.63, 3.8) is 0 Å². The fourth-order valence-electron chi connectivity index (χ4n) is 2.85. The van der Waals surface area contributed by atoms with Crippen molar-refractivity contribution >= 4 is 35.8 Å². The Morgan fingerprint density at radius 1 is 1.23 bits per heavy atom. The molecule has 0 spiro atoms. The third-order valence-electron chi connectivity index (χ3n) is 4.19. The number of rotatable bonds is 5. The van der Waals surface area contributed by atoms with Crippen molar-refractivity contribution in [3.8, 4) is 11.3 Å². The molecule has 0 aliphatic carbocycles. The fraction of sp³-hybridized carbons (Fsp3) is 0.389. The molecule has 1 aromatic carbocycles. The monoisotopic (exact) mass is 469 g/mol. The van der Waals surface area contributed by atoms with Crippen molar-refractivity contribution in [2.24, 2.45) is 4.99 Å². The van der Waals surface area contributed by atoms with E-state index >= 15 is 0 Å². The Labute approximate surface area is 170 Å². The first-order valence-corrected chi connectivity index (χ1v) is 8.48. The van der Waals surface area contributed by atoms with Crippen molar-refractivity contribution in [2.75, 3.05) is 26.7 Å². The van der Waals surface area contributed by atoms with Crippen LogP contribution in [-0.2, 0) is 11.3 Å². The zero-order valence-electron chi connectivity index (χ0n) is 14.8. The van der Waals surface area contributed by atoms with E-state index in [0.29, 0.717) is 12.5 Å². The minimum Gasteiger partial charge on any atom is -0.443 e. The molecule has 7 nitrogen and oxygen atoms in total. The number of amides is 1. The number of benzene rings is 1. The van der Waals surface area contributed by atoms with Crippen LogP contribution in [0.2, 0.25) is 0 Å². The number of aliphatic imine (C=N–C) groups is 1. The molecule has 0 radical (unpaired) electrons. The zero-order valence-corrected chi connectivity index (χ0v) is 17.1. The predicted octanol–water partition coefficient (Wildman–Crippen LogP) is 2.25. The van der Waals surface area contributed by atoms with Crippen LogP contribution >= 0.6 is 24.0 Å². The van der Waals surface area contributed by atoms with Gasteiger partial charge in [-0.3, -0.25) is 9.79 Å². The van der Waals surface area contributed by atoms with Gasteiger partial charge < -0.3 is 20.0 Å². The molecule has 1 amide bonds. The van der Waals surface area contributed by atoms with Gasteiger partial charge in [0.05, 0.1) is 13.1 Å². The maximum Gasteiger partial charge on any atom is 0.241 e. The smallest absolute Gasteiger partial charge is 0.241 e. The molecule has 1 aromatic heterocycles. The van der Waals surface area contributed by atoms with Gasteiger partial charge in [0.25, 0.3) is 0 Å². The summed E-state index contributed by atoms with van der Waals surface area (Å²) in [5.74, 6) is 1.40. The zero-order chi connectivity index (χ0) is 17.5. The summed E-state index contributed by atoms with van der Waals surface area (Å²) < 4.78 is 5.51. The summed E-state index contributed by atoms with van der Waals surface area (Å²) in [5, 5.41) is 6.23. The number of nitrogens with one attached hydrogen (secondary N) is 2. The number of oxazole rings is 1. The number of guanidine groups is 1. The SMILES string of the molecule is CN=C(NCC(=O)N1CCCC1)NCc1ncoc1-c1ccccc1.I. The second-order valence-corrected chi connectivity index (χ2v) is 5.86. The Balaban J connectivity index is 0.00000243. The predicted molar refractivity (Wildman–Crippen MR) is 111 cm³/mol. The van der Waals surface area contributed by atoms with E-state index < -0.39 is 0 Å². The molecule has 0 saturated carbocycles. The molecule has 2 aromatic rings. The summed E-state index contributed by atoms with van der Waals surface area (Å²) in [7, 11) is 1.68. The van der Waals surface area contributed by atoms with Crippen LogP contribution in [0.25, 0.3) is 11.3 Å². The maximum atomic E-state index is 12.1. The molecule has 3 rings (SSSR count). The Morgan fingerprint density at radius 3 is 2.65 bits per heavy atom. The van der Waals surface area contributed by atoms with Gasteiger partial charge in [-0.05, 0) is 12.8 Å². The number of aromatic nitrogens is 1. The summed E-state index contributed by atoms with van der Waals surface area (Å²) in [4.78, 5) is 22.4. The highest BCUT2D eigenvalue weighted by Crippen LogP contribution is 2.22. The minimum absolute atomic E-state index is 0. The molecular weight excluding hydrogens is 445 g/mol. The Bertz CT molecular complexity index is 726. The van der Waals surface area contributed by atoms with Gasteiger partial charge in [0.2, 0.25) is 5.91 Å². The van der Waals surface area contributed by atoms with Crippen LogP contribution in [-0.4, -0.2) is 48.4 Å². The van der Waals surface area contributed by atoms with E-state index in [2.05, 4.69) is 20.6 Å². The molecule has 1 fully saturated rings. The molecule has 0 atom stereocenters. The van der Waals surface area contributed by atoms with Crippen LogP contribution in [0, 0.1) is 0 Å². The van der Waals surface area contributed by atoms with Gasteiger partial charge in [0.15, 0.2) is 18.1 Å². The third-order valence-corrected chi connectivity index (χ3v) is 4.19. The molecule has 0 bridgehead atoms. The van der Waals surface area contributed by atoms with Crippen LogP contribution in [0.15, 0.2) is 46.1 Å². The van der Waals surface area contributed by atoms with Gasteiger partial charge in [-0.15, -0.1) is 24.0 Å². The molecule has 1 aliphatic heterocycles. The number of halogens is 1. The van der Waals surface area contributed by atoms with E-state index in [0.717, 1.165) is 42.9 Å². The summed E-state index contributed by atoms with van der Waals surface area (Å²) >= 11 is 0. The lowest BCUT2D eigenvalue weighted by Crippen LogP contribution is -2.43. The molecule has 1 aliphatic rings. The molecule has 0 unspecified atom stereocenters. The fourth-order valence-corrected chi connectivity index (χ4v) is 2.85. The van der Waals surface area contributed by atoms with E-state index in [1.165, 1.54) is 6.39 Å². The number of carbonyl (C=O) groups is 1. The molecule has 140 valence electrons. The first kappa shape index (κ1) is 20.2. The van der Waals surface area contributed by atoms with Gasteiger partial charge in [0, 0.05) is 25.7 Å². The second-order valence-electron chi connectivity index (χ2n) is 5.86.